The topological polar surface area (TPSA) is 55.4 Å². The van der Waals surface area contributed by atoms with E-state index in [-0.39, 0.29) is 23.8 Å². The zero-order chi connectivity index (χ0) is 22.1. The Kier molecular flexibility index (Phi) is 6.15. The van der Waals surface area contributed by atoms with Gasteiger partial charge in [-0.05, 0) is 56.4 Å². The molecule has 1 aliphatic carbocycles. The first-order valence-corrected chi connectivity index (χ1v) is 11.4. The maximum atomic E-state index is 13.5. The maximum absolute atomic E-state index is 13.5. The van der Waals surface area contributed by atoms with Crippen LogP contribution in [0.5, 0.6) is 0 Å². The third-order valence-corrected chi connectivity index (χ3v) is 6.39. The van der Waals surface area contributed by atoms with Crippen LogP contribution in [0.3, 0.4) is 0 Å². The number of allylic oxidation sites excluding steroid dienone is 3. The highest BCUT2D eigenvalue weighted by atomic mass is 79.9. The molecule has 0 radical (unpaired) electrons. The number of benzene rings is 2. The Hall–Kier alpha value is -2.66. The van der Waals surface area contributed by atoms with Gasteiger partial charge in [0, 0.05) is 33.8 Å². The Morgan fingerprint density at radius 1 is 1.03 bits per heavy atom. The Bertz CT molecular complexity index is 1070. The molecule has 0 bridgehead atoms. The highest BCUT2D eigenvalue weighted by molar-refractivity contribution is 9.10. The molecule has 0 saturated heterocycles. The van der Waals surface area contributed by atoms with Gasteiger partial charge < -0.3 is 10.1 Å². The fourth-order valence-corrected chi connectivity index (χ4v) is 4.80. The number of Topliss-reactive ketones (excluding diaryl/α,β-unsaturated/α-hetero) is 1. The molecule has 1 N–H and O–H groups in total. The maximum Gasteiger partial charge on any atom is 0.337 e. The molecule has 0 aromatic heterocycles. The molecule has 4 nitrogen and oxygen atoms in total. The third kappa shape index (κ3) is 4.38. The number of halogens is 1. The van der Waals surface area contributed by atoms with Crippen molar-refractivity contribution in [1.29, 1.82) is 0 Å². The fraction of sp³-hybridized carbons (Fsp3) is 0.308. The minimum absolute atomic E-state index is 0.0814. The SMILES string of the molecule is CC1=C(C(=O)OC(C)C)[C@@H](c2ccc(Br)cc2)C2=C(C[C@@H](c3ccccc3)CC2=O)N1. The molecule has 5 heteroatoms. The summed E-state index contributed by atoms with van der Waals surface area (Å²) in [5.74, 6) is -0.599. The lowest BCUT2D eigenvalue weighted by Crippen LogP contribution is -2.36. The number of rotatable bonds is 4. The second-order valence-corrected chi connectivity index (χ2v) is 9.35. The molecule has 2 aromatic rings. The summed E-state index contributed by atoms with van der Waals surface area (Å²) in [6, 6.07) is 18.0. The Balaban J connectivity index is 1.79. The molecule has 2 aromatic carbocycles. The van der Waals surface area contributed by atoms with Crippen LogP contribution in [0.4, 0.5) is 0 Å². The van der Waals surface area contributed by atoms with E-state index in [9.17, 15) is 9.59 Å². The van der Waals surface area contributed by atoms with Gasteiger partial charge in [0.2, 0.25) is 0 Å². The first kappa shape index (κ1) is 21.6. The second-order valence-electron chi connectivity index (χ2n) is 8.43. The van der Waals surface area contributed by atoms with Gasteiger partial charge in [0.25, 0.3) is 0 Å². The van der Waals surface area contributed by atoms with Gasteiger partial charge in [0.05, 0.1) is 11.7 Å². The zero-order valence-electron chi connectivity index (χ0n) is 17.9. The first-order valence-electron chi connectivity index (χ1n) is 10.6. The molecular formula is C26H26BrNO3. The van der Waals surface area contributed by atoms with Crippen LogP contribution in [0.15, 0.2) is 81.6 Å². The van der Waals surface area contributed by atoms with Gasteiger partial charge in [-0.15, -0.1) is 0 Å². The van der Waals surface area contributed by atoms with Crippen molar-refractivity contribution in [2.24, 2.45) is 0 Å². The molecule has 4 rings (SSSR count). The van der Waals surface area contributed by atoms with Crippen molar-refractivity contribution in [3.63, 3.8) is 0 Å². The van der Waals surface area contributed by atoms with E-state index in [0.29, 0.717) is 17.6 Å². The summed E-state index contributed by atoms with van der Waals surface area (Å²) in [4.78, 5) is 26.6. The molecule has 0 amide bonds. The summed E-state index contributed by atoms with van der Waals surface area (Å²) in [6.07, 6.45) is 0.934. The van der Waals surface area contributed by atoms with E-state index >= 15 is 0 Å². The van der Waals surface area contributed by atoms with Gasteiger partial charge in [0.15, 0.2) is 5.78 Å². The van der Waals surface area contributed by atoms with Gasteiger partial charge in [0.1, 0.15) is 0 Å². The molecule has 0 unspecified atom stereocenters. The first-order chi connectivity index (χ1) is 14.8. The average molecular weight is 480 g/mol. The standard InChI is InChI=1S/C26H26BrNO3/c1-15(2)31-26(30)23-16(3)28-21-13-19(17-7-5-4-6-8-17)14-22(29)25(21)24(23)18-9-11-20(27)12-10-18/h4-12,15,19,24,28H,13-14H2,1-3H3/t19-,24-/m1/s1. The Morgan fingerprint density at radius 3 is 2.35 bits per heavy atom. The summed E-state index contributed by atoms with van der Waals surface area (Å²) < 4.78 is 6.51. The lowest BCUT2D eigenvalue weighted by atomic mass is 9.72. The van der Waals surface area contributed by atoms with Crippen LogP contribution in [0.1, 0.15) is 56.6 Å². The van der Waals surface area contributed by atoms with Crippen molar-refractivity contribution in [2.45, 2.75) is 51.6 Å². The highest BCUT2D eigenvalue weighted by Crippen LogP contribution is 2.45. The summed E-state index contributed by atoms with van der Waals surface area (Å²) in [5, 5.41) is 3.39. The van der Waals surface area contributed by atoms with E-state index < -0.39 is 5.92 Å². The van der Waals surface area contributed by atoms with Crippen LogP contribution in [0, 0.1) is 0 Å². The minimum Gasteiger partial charge on any atom is -0.460 e. The van der Waals surface area contributed by atoms with E-state index in [2.05, 4.69) is 33.4 Å². The largest absolute Gasteiger partial charge is 0.460 e. The zero-order valence-corrected chi connectivity index (χ0v) is 19.5. The Morgan fingerprint density at radius 2 is 1.71 bits per heavy atom. The molecular weight excluding hydrogens is 454 g/mol. The summed E-state index contributed by atoms with van der Waals surface area (Å²) in [6.45, 7) is 5.56. The normalized spacial score (nSPS) is 21.1. The fourth-order valence-electron chi connectivity index (χ4n) is 4.54. The summed E-state index contributed by atoms with van der Waals surface area (Å²) in [7, 11) is 0. The predicted octanol–water partition coefficient (Wildman–Crippen LogP) is 5.76. The third-order valence-electron chi connectivity index (χ3n) is 5.86. The molecule has 0 spiro atoms. The van der Waals surface area contributed by atoms with Crippen molar-refractivity contribution in [2.75, 3.05) is 0 Å². The second kappa shape index (κ2) is 8.83. The van der Waals surface area contributed by atoms with Crippen molar-refractivity contribution < 1.29 is 14.3 Å². The molecule has 2 atom stereocenters. The van der Waals surface area contributed by atoms with E-state index in [1.165, 1.54) is 0 Å². The van der Waals surface area contributed by atoms with E-state index in [1.807, 2.05) is 63.2 Å². The molecule has 0 saturated carbocycles. The highest BCUT2D eigenvalue weighted by Gasteiger charge is 2.41. The number of hydrogen-bond donors (Lipinski definition) is 1. The van der Waals surface area contributed by atoms with E-state index in [4.69, 9.17) is 4.74 Å². The molecule has 1 aliphatic heterocycles. The van der Waals surface area contributed by atoms with Crippen molar-refractivity contribution >= 4 is 27.7 Å². The van der Waals surface area contributed by atoms with E-state index in [0.717, 1.165) is 33.4 Å². The lowest BCUT2D eigenvalue weighted by Gasteiger charge is -2.37. The van der Waals surface area contributed by atoms with Crippen molar-refractivity contribution in [3.05, 3.63) is 92.7 Å². The number of ether oxygens (including phenoxy) is 1. The van der Waals surface area contributed by atoms with Gasteiger partial charge in [-0.2, -0.15) is 0 Å². The van der Waals surface area contributed by atoms with Crippen LogP contribution >= 0.6 is 15.9 Å². The molecule has 160 valence electrons. The van der Waals surface area contributed by atoms with Gasteiger partial charge in [-0.3, -0.25) is 4.79 Å². The summed E-state index contributed by atoms with van der Waals surface area (Å²) in [5.41, 5.74) is 4.95. The number of carbonyl (C=O) groups is 2. The van der Waals surface area contributed by atoms with Crippen LogP contribution in [-0.2, 0) is 14.3 Å². The lowest BCUT2D eigenvalue weighted by molar-refractivity contribution is -0.143. The predicted molar refractivity (Wildman–Crippen MR) is 124 cm³/mol. The molecule has 2 aliphatic rings. The number of carbonyl (C=O) groups excluding carboxylic acids is 2. The number of nitrogens with one attached hydrogen (secondary N) is 1. The average Bonchev–Trinajstić information content (AvgIpc) is 2.73. The number of esters is 1. The molecule has 31 heavy (non-hydrogen) atoms. The molecule has 1 heterocycles. The quantitative estimate of drug-likeness (QED) is 0.566. The monoisotopic (exact) mass is 479 g/mol. The van der Waals surface area contributed by atoms with Crippen molar-refractivity contribution in [3.8, 4) is 0 Å². The number of hydrogen-bond acceptors (Lipinski definition) is 4. The Labute approximate surface area is 191 Å². The van der Waals surface area contributed by atoms with Crippen LogP contribution < -0.4 is 5.32 Å². The smallest absolute Gasteiger partial charge is 0.337 e. The summed E-state index contributed by atoms with van der Waals surface area (Å²) >= 11 is 3.48. The minimum atomic E-state index is -0.431. The number of dihydropyridines is 1. The van der Waals surface area contributed by atoms with Crippen LogP contribution in [0.2, 0.25) is 0 Å². The van der Waals surface area contributed by atoms with Crippen molar-refractivity contribution in [1.82, 2.24) is 5.32 Å². The van der Waals surface area contributed by atoms with Gasteiger partial charge >= 0.3 is 5.97 Å². The van der Waals surface area contributed by atoms with Gasteiger partial charge in [-0.1, -0.05) is 58.4 Å². The van der Waals surface area contributed by atoms with Crippen LogP contribution in [-0.4, -0.2) is 17.9 Å². The number of ketones is 1. The molecule has 0 fully saturated rings. The van der Waals surface area contributed by atoms with Gasteiger partial charge in [-0.25, -0.2) is 4.79 Å². The van der Waals surface area contributed by atoms with E-state index in [1.54, 1.807) is 0 Å². The van der Waals surface area contributed by atoms with Crippen LogP contribution in [0.25, 0.3) is 0 Å².